The summed E-state index contributed by atoms with van der Waals surface area (Å²) in [5, 5.41) is 13.4. The molecule has 2 rings (SSSR count). The van der Waals surface area contributed by atoms with Gasteiger partial charge in [0.05, 0.1) is 10.0 Å². The van der Waals surface area contributed by atoms with E-state index in [1.165, 1.54) is 6.07 Å². The van der Waals surface area contributed by atoms with Crippen LogP contribution < -0.4 is 10.3 Å². The highest BCUT2D eigenvalue weighted by atomic mass is 35.5. The number of aromatic nitrogens is 2. The number of hydrogen-bond donors (Lipinski definition) is 2. The number of rotatable bonds is 6. The molecule has 2 aromatic rings. The molecule has 0 atom stereocenters. The highest BCUT2D eigenvalue weighted by Crippen LogP contribution is 2.36. The first-order chi connectivity index (χ1) is 12.0. The van der Waals surface area contributed by atoms with Crippen molar-refractivity contribution in [2.24, 2.45) is 0 Å². The number of halogens is 2. The van der Waals surface area contributed by atoms with Gasteiger partial charge in [-0.3, -0.25) is 4.79 Å². The summed E-state index contributed by atoms with van der Waals surface area (Å²) in [5.41, 5.74) is -0.249. The van der Waals surface area contributed by atoms with E-state index in [9.17, 15) is 18.0 Å². The molecular weight excluding hydrogens is 407 g/mol. The summed E-state index contributed by atoms with van der Waals surface area (Å²) in [6, 6.07) is 3.44. The lowest BCUT2D eigenvalue weighted by Crippen LogP contribution is -2.19. The van der Waals surface area contributed by atoms with Gasteiger partial charge in [0.2, 0.25) is 9.84 Å². The number of aromatic amines is 1. The van der Waals surface area contributed by atoms with Gasteiger partial charge in [-0.15, -0.1) is 0 Å². The molecule has 0 amide bonds. The van der Waals surface area contributed by atoms with Crippen molar-refractivity contribution < 1.29 is 23.1 Å². The van der Waals surface area contributed by atoms with Gasteiger partial charge < -0.3 is 9.84 Å². The van der Waals surface area contributed by atoms with Crippen LogP contribution in [0, 0.1) is 0 Å². The number of carboxylic acids is 1. The van der Waals surface area contributed by atoms with E-state index in [0.717, 1.165) is 12.1 Å². The molecule has 140 valence electrons. The van der Waals surface area contributed by atoms with Crippen LogP contribution in [0.25, 0.3) is 0 Å². The van der Waals surface area contributed by atoms with Crippen molar-refractivity contribution >= 4 is 39.0 Å². The first kappa shape index (κ1) is 20.2. The van der Waals surface area contributed by atoms with Gasteiger partial charge in [0, 0.05) is 17.7 Å². The third-order valence-electron chi connectivity index (χ3n) is 3.31. The summed E-state index contributed by atoms with van der Waals surface area (Å²) in [5.74, 6) is -1.44. The van der Waals surface area contributed by atoms with E-state index in [4.69, 9.17) is 33.0 Å². The summed E-state index contributed by atoms with van der Waals surface area (Å²) in [6.07, 6.45) is 0. The van der Waals surface area contributed by atoms with E-state index >= 15 is 0 Å². The third-order valence-corrected chi connectivity index (χ3v) is 5.87. The zero-order valence-electron chi connectivity index (χ0n) is 13.6. The molecule has 8 nitrogen and oxygen atoms in total. The molecule has 1 aromatic carbocycles. The number of hydrogen-bond acceptors (Lipinski definition) is 6. The highest BCUT2D eigenvalue weighted by molar-refractivity contribution is 7.91. The van der Waals surface area contributed by atoms with E-state index in [-0.39, 0.29) is 27.3 Å². The zero-order valence-corrected chi connectivity index (χ0v) is 15.9. The molecule has 0 aliphatic heterocycles. The molecular formula is C15H14Cl2N2O6S. The average Bonchev–Trinajstić information content (AvgIpc) is 2.51. The van der Waals surface area contributed by atoms with Crippen LogP contribution in [0.15, 0.2) is 32.9 Å². The fourth-order valence-electron chi connectivity index (χ4n) is 2.09. The second-order valence-electron chi connectivity index (χ2n) is 5.55. The monoisotopic (exact) mass is 420 g/mol. The number of aliphatic carboxylic acids is 1. The van der Waals surface area contributed by atoms with Crippen molar-refractivity contribution in [2.45, 2.75) is 29.7 Å². The van der Waals surface area contributed by atoms with Crippen molar-refractivity contribution in [2.75, 3.05) is 6.61 Å². The maximum atomic E-state index is 12.9. The molecule has 0 aliphatic carbocycles. The number of benzene rings is 1. The Bertz CT molecular complexity index is 994. The van der Waals surface area contributed by atoms with Gasteiger partial charge in [-0.2, -0.15) is 5.10 Å². The summed E-state index contributed by atoms with van der Waals surface area (Å²) in [4.78, 5) is 21.9. The lowest BCUT2D eigenvalue weighted by Gasteiger charge is -2.12. The molecule has 0 unspecified atom stereocenters. The number of H-pyrrole nitrogens is 1. The second kappa shape index (κ2) is 7.65. The minimum Gasteiger partial charge on any atom is -0.482 e. The Hall–Kier alpha value is -2.10. The fourth-order valence-corrected chi connectivity index (χ4v) is 4.46. The van der Waals surface area contributed by atoms with Crippen LogP contribution in [0.1, 0.15) is 25.3 Å². The molecule has 0 fully saturated rings. The van der Waals surface area contributed by atoms with Crippen LogP contribution in [-0.4, -0.2) is 36.3 Å². The van der Waals surface area contributed by atoms with Crippen LogP contribution in [-0.2, 0) is 14.6 Å². The van der Waals surface area contributed by atoms with E-state index in [1.807, 2.05) is 0 Å². The topological polar surface area (TPSA) is 126 Å². The van der Waals surface area contributed by atoms with Crippen LogP contribution in [0.3, 0.4) is 0 Å². The van der Waals surface area contributed by atoms with Gasteiger partial charge in [0.15, 0.2) is 11.6 Å². The quantitative estimate of drug-likeness (QED) is 0.734. The maximum absolute atomic E-state index is 12.9. The lowest BCUT2D eigenvalue weighted by molar-refractivity contribution is -0.139. The van der Waals surface area contributed by atoms with Gasteiger partial charge in [-0.25, -0.2) is 18.3 Å². The molecule has 0 saturated carbocycles. The zero-order chi connectivity index (χ0) is 19.6. The first-order valence-electron chi connectivity index (χ1n) is 7.22. The van der Waals surface area contributed by atoms with Crippen LogP contribution in [0.5, 0.6) is 5.75 Å². The Morgan fingerprint density at radius 3 is 2.35 bits per heavy atom. The number of nitrogens with one attached hydrogen (secondary N) is 1. The van der Waals surface area contributed by atoms with Crippen molar-refractivity contribution in [3.63, 3.8) is 0 Å². The Kier molecular flexibility index (Phi) is 5.94. The number of sulfone groups is 1. The maximum Gasteiger partial charge on any atom is 0.341 e. The molecule has 1 heterocycles. The number of ether oxygens (including phenoxy) is 1. The summed E-state index contributed by atoms with van der Waals surface area (Å²) >= 11 is 12.1. The standard InChI is InChI=1S/C15H14Cl2N2O6S/c1-7(2)9-5-12(18-19-15(9)22)26(23,24)14-10(16)3-8(4-11(14)17)25-6-13(20)21/h3-5,7H,6H2,1-2H3,(H,19,22)(H,20,21). The Balaban J connectivity index is 2.55. The Labute approximate surface area is 158 Å². The minimum atomic E-state index is -4.24. The molecule has 0 aliphatic rings. The van der Waals surface area contributed by atoms with E-state index in [2.05, 4.69) is 10.2 Å². The highest BCUT2D eigenvalue weighted by Gasteiger charge is 2.28. The number of nitrogens with zero attached hydrogens (tertiary/aromatic N) is 1. The molecule has 0 radical (unpaired) electrons. The smallest absolute Gasteiger partial charge is 0.341 e. The lowest BCUT2D eigenvalue weighted by atomic mass is 10.1. The third kappa shape index (κ3) is 4.17. The van der Waals surface area contributed by atoms with E-state index in [0.29, 0.717) is 0 Å². The molecule has 0 bridgehead atoms. The van der Waals surface area contributed by atoms with Gasteiger partial charge in [-0.1, -0.05) is 37.0 Å². The summed E-state index contributed by atoms with van der Waals surface area (Å²) in [7, 11) is -4.24. The van der Waals surface area contributed by atoms with E-state index in [1.54, 1.807) is 13.8 Å². The van der Waals surface area contributed by atoms with Gasteiger partial charge in [-0.05, 0) is 12.0 Å². The normalized spacial score (nSPS) is 11.6. The fraction of sp³-hybridized carbons (Fsp3) is 0.267. The number of carbonyl (C=O) groups is 1. The van der Waals surface area contributed by atoms with E-state index < -0.39 is 37.9 Å². The number of carboxylic acid groups (broad SMARTS) is 1. The van der Waals surface area contributed by atoms with Gasteiger partial charge >= 0.3 is 5.97 Å². The van der Waals surface area contributed by atoms with Crippen LogP contribution in [0.2, 0.25) is 10.0 Å². The van der Waals surface area contributed by atoms with Gasteiger partial charge in [0.25, 0.3) is 5.56 Å². The van der Waals surface area contributed by atoms with Crippen LogP contribution in [0.4, 0.5) is 0 Å². The molecule has 0 spiro atoms. The second-order valence-corrected chi connectivity index (χ2v) is 8.20. The SMILES string of the molecule is CC(C)c1cc(S(=O)(=O)c2c(Cl)cc(OCC(=O)O)cc2Cl)n[nH]c1=O. The molecule has 1 aromatic heterocycles. The Morgan fingerprint density at radius 2 is 1.85 bits per heavy atom. The Morgan fingerprint density at radius 1 is 1.27 bits per heavy atom. The first-order valence-corrected chi connectivity index (χ1v) is 9.46. The summed E-state index contributed by atoms with van der Waals surface area (Å²) in [6.45, 7) is 2.82. The van der Waals surface area contributed by atoms with Crippen molar-refractivity contribution in [3.05, 3.63) is 44.2 Å². The van der Waals surface area contributed by atoms with Crippen molar-refractivity contribution in [1.82, 2.24) is 10.2 Å². The molecule has 2 N–H and O–H groups in total. The predicted octanol–water partition coefficient (Wildman–Crippen LogP) is 2.50. The summed E-state index contributed by atoms with van der Waals surface area (Å²) < 4.78 is 30.6. The minimum absolute atomic E-state index is 0.00125. The largest absolute Gasteiger partial charge is 0.482 e. The van der Waals surface area contributed by atoms with Crippen LogP contribution >= 0.6 is 23.2 Å². The van der Waals surface area contributed by atoms with Crippen molar-refractivity contribution in [3.8, 4) is 5.75 Å². The van der Waals surface area contributed by atoms with Gasteiger partial charge in [0.1, 0.15) is 10.6 Å². The predicted molar refractivity (Wildman–Crippen MR) is 94.0 cm³/mol. The average molecular weight is 421 g/mol. The molecule has 26 heavy (non-hydrogen) atoms. The molecule has 0 saturated heterocycles. The van der Waals surface area contributed by atoms with Crippen molar-refractivity contribution in [1.29, 1.82) is 0 Å². The molecule has 11 heteroatoms.